The number of nitrogens with zero attached hydrogens (tertiary/aromatic N) is 2. The Hall–Kier alpha value is -1.88. The van der Waals surface area contributed by atoms with Gasteiger partial charge in [0.15, 0.2) is 5.82 Å². The van der Waals surface area contributed by atoms with Gasteiger partial charge in [-0.2, -0.15) is 4.98 Å². The highest BCUT2D eigenvalue weighted by molar-refractivity contribution is 5.47. The highest BCUT2D eigenvalue weighted by Gasteiger charge is 2.08. The molecule has 18 heavy (non-hydrogen) atoms. The average Bonchev–Trinajstić information content (AvgIpc) is 2.80. The van der Waals surface area contributed by atoms with Crippen LogP contribution in [0.4, 0.5) is 5.69 Å². The topological polar surface area (TPSA) is 74.2 Å². The first-order valence-corrected chi connectivity index (χ1v) is 5.93. The van der Waals surface area contributed by atoms with Crippen molar-refractivity contribution in [2.24, 2.45) is 0 Å². The summed E-state index contributed by atoms with van der Waals surface area (Å²) in [5.74, 6) is 1.32. The van der Waals surface area contributed by atoms with Crippen LogP contribution < -0.4 is 5.73 Å². The Morgan fingerprint density at radius 2 is 2.17 bits per heavy atom. The third-order valence-electron chi connectivity index (χ3n) is 2.66. The lowest BCUT2D eigenvalue weighted by Crippen LogP contribution is -1.97. The third-order valence-corrected chi connectivity index (χ3v) is 2.66. The predicted molar refractivity (Wildman–Crippen MR) is 68.2 cm³/mol. The van der Waals surface area contributed by atoms with E-state index < -0.39 is 0 Å². The Bertz CT molecular complexity index is 496. The van der Waals surface area contributed by atoms with Gasteiger partial charge in [0.05, 0.1) is 6.42 Å². The fourth-order valence-corrected chi connectivity index (χ4v) is 1.70. The van der Waals surface area contributed by atoms with Gasteiger partial charge in [0.2, 0.25) is 5.89 Å². The third kappa shape index (κ3) is 3.30. The van der Waals surface area contributed by atoms with Crippen LogP contribution >= 0.6 is 0 Å². The van der Waals surface area contributed by atoms with E-state index in [1.54, 1.807) is 7.11 Å². The fourth-order valence-electron chi connectivity index (χ4n) is 1.70. The lowest BCUT2D eigenvalue weighted by Gasteiger charge is -2.00. The maximum atomic E-state index is 5.87. The van der Waals surface area contributed by atoms with E-state index in [9.17, 15) is 0 Å². The normalized spacial score (nSPS) is 10.7. The molecule has 0 aliphatic rings. The van der Waals surface area contributed by atoms with Crippen LogP contribution in [0, 0.1) is 0 Å². The van der Waals surface area contributed by atoms with Gasteiger partial charge in [0.25, 0.3) is 0 Å². The molecule has 5 nitrogen and oxygen atoms in total. The maximum Gasteiger partial charge on any atom is 0.231 e. The standard InChI is InChI=1S/C13H17N3O2/c1-17-8-4-7-12-15-13(18-16-12)9-10-5-2-3-6-11(10)14/h2-3,5-6H,4,7-9,14H2,1H3. The van der Waals surface area contributed by atoms with Gasteiger partial charge in [0.1, 0.15) is 0 Å². The van der Waals surface area contributed by atoms with Gasteiger partial charge < -0.3 is 15.0 Å². The zero-order chi connectivity index (χ0) is 12.8. The molecule has 0 saturated heterocycles. The maximum absolute atomic E-state index is 5.87. The molecule has 2 N–H and O–H groups in total. The summed E-state index contributed by atoms with van der Waals surface area (Å²) in [5.41, 5.74) is 7.62. The van der Waals surface area contributed by atoms with E-state index in [0.717, 1.165) is 29.9 Å². The van der Waals surface area contributed by atoms with Crippen molar-refractivity contribution >= 4 is 5.69 Å². The van der Waals surface area contributed by atoms with E-state index in [2.05, 4.69) is 10.1 Å². The molecule has 2 rings (SSSR count). The molecule has 1 heterocycles. The number of nitrogen functional groups attached to an aromatic ring is 1. The Morgan fingerprint density at radius 3 is 2.94 bits per heavy atom. The van der Waals surface area contributed by atoms with Crippen LogP contribution in [0.15, 0.2) is 28.8 Å². The lowest BCUT2D eigenvalue weighted by molar-refractivity contribution is 0.194. The van der Waals surface area contributed by atoms with Gasteiger partial charge in [-0.05, 0) is 18.1 Å². The number of rotatable bonds is 6. The summed E-state index contributed by atoms with van der Waals surface area (Å²) in [6.07, 6.45) is 2.23. The molecule has 5 heteroatoms. The molecule has 96 valence electrons. The molecule has 1 aromatic carbocycles. The van der Waals surface area contributed by atoms with Crippen molar-refractivity contribution in [3.05, 3.63) is 41.5 Å². The molecule has 0 unspecified atom stereocenters. The molecule has 0 radical (unpaired) electrons. The minimum Gasteiger partial charge on any atom is -0.398 e. The summed E-state index contributed by atoms with van der Waals surface area (Å²) in [4.78, 5) is 4.33. The molecule has 0 amide bonds. The summed E-state index contributed by atoms with van der Waals surface area (Å²) in [6.45, 7) is 0.704. The van der Waals surface area contributed by atoms with E-state index in [1.165, 1.54) is 0 Å². The molecule has 0 saturated carbocycles. The zero-order valence-electron chi connectivity index (χ0n) is 10.4. The summed E-state index contributed by atoms with van der Waals surface area (Å²) in [7, 11) is 1.68. The summed E-state index contributed by atoms with van der Waals surface area (Å²) in [6, 6.07) is 7.68. The van der Waals surface area contributed by atoms with Crippen molar-refractivity contribution in [1.82, 2.24) is 10.1 Å². The Balaban J connectivity index is 1.96. The molecular weight excluding hydrogens is 230 g/mol. The van der Waals surface area contributed by atoms with Gasteiger partial charge in [0, 0.05) is 25.8 Å². The zero-order valence-corrected chi connectivity index (χ0v) is 10.4. The van der Waals surface area contributed by atoms with Crippen LogP contribution in [0.1, 0.15) is 23.7 Å². The first-order chi connectivity index (χ1) is 8.79. The van der Waals surface area contributed by atoms with E-state index in [-0.39, 0.29) is 0 Å². The number of ether oxygens (including phenoxy) is 1. The van der Waals surface area contributed by atoms with Gasteiger partial charge in [-0.1, -0.05) is 23.4 Å². The number of anilines is 1. The predicted octanol–water partition coefficient (Wildman–Crippen LogP) is 1.82. The second-order valence-corrected chi connectivity index (χ2v) is 4.08. The van der Waals surface area contributed by atoms with Crippen LogP contribution in [0.25, 0.3) is 0 Å². The second-order valence-electron chi connectivity index (χ2n) is 4.08. The van der Waals surface area contributed by atoms with Crippen LogP contribution in [0.2, 0.25) is 0 Å². The van der Waals surface area contributed by atoms with Crippen LogP contribution in [0.5, 0.6) is 0 Å². The van der Waals surface area contributed by atoms with Crippen molar-refractivity contribution < 1.29 is 9.26 Å². The quantitative estimate of drug-likeness (QED) is 0.622. The molecule has 0 atom stereocenters. The second kappa shape index (κ2) is 6.16. The SMILES string of the molecule is COCCCc1noc(Cc2ccccc2N)n1. The minimum absolute atomic E-state index is 0.573. The monoisotopic (exact) mass is 247 g/mol. The molecule has 0 aliphatic carbocycles. The molecular formula is C13H17N3O2. The number of aromatic nitrogens is 2. The van der Waals surface area contributed by atoms with Gasteiger partial charge >= 0.3 is 0 Å². The summed E-state index contributed by atoms with van der Waals surface area (Å²) >= 11 is 0. The number of aryl methyl sites for hydroxylation is 1. The highest BCUT2D eigenvalue weighted by atomic mass is 16.5. The number of nitrogens with two attached hydrogens (primary N) is 1. The Labute approximate surface area is 106 Å². The smallest absolute Gasteiger partial charge is 0.231 e. The molecule has 2 aromatic rings. The van der Waals surface area contributed by atoms with E-state index in [1.807, 2.05) is 24.3 Å². The number of hydrogen-bond donors (Lipinski definition) is 1. The molecule has 0 fully saturated rings. The Morgan fingerprint density at radius 1 is 1.33 bits per heavy atom. The average molecular weight is 247 g/mol. The van der Waals surface area contributed by atoms with E-state index in [4.69, 9.17) is 15.0 Å². The van der Waals surface area contributed by atoms with Crippen molar-refractivity contribution in [3.63, 3.8) is 0 Å². The number of hydrogen-bond acceptors (Lipinski definition) is 5. The molecule has 0 bridgehead atoms. The lowest BCUT2D eigenvalue weighted by atomic mass is 10.1. The molecule has 0 spiro atoms. The van der Waals surface area contributed by atoms with Crippen molar-refractivity contribution in [2.75, 3.05) is 19.5 Å². The van der Waals surface area contributed by atoms with Crippen LogP contribution in [-0.2, 0) is 17.6 Å². The van der Waals surface area contributed by atoms with E-state index in [0.29, 0.717) is 18.9 Å². The van der Waals surface area contributed by atoms with Crippen molar-refractivity contribution in [1.29, 1.82) is 0 Å². The number of benzene rings is 1. The van der Waals surface area contributed by atoms with Gasteiger partial charge in [-0.15, -0.1) is 0 Å². The first kappa shape index (κ1) is 12.6. The highest BCUT2D eigenvalue weighted by Crippen LogP contribution is 2.15. The van der Waals surface area contributed by atoms with Crippen LogP contribution in [-0.4, -0.2) is 23.9 Å². The van der Waals surface area contributed by atoms with Crippen molar-refractivity contribution in [2.45, 2.75) is 19.3 Å². The minimum atomic E-state index is 0.573. The van der Waals surface area contributed by atoms with Gasteiger partial charge in [-0.25, -0.2) is 0 Å². The molecule has 1 aromatic heterocycles. The van der Waals surface area contributed by atoms with E-state index >= 15 is 0 Å². The van der Waals surface area contributed by atoms with Gasteiger partial charge in [-0.3, -0.25) is 0 Å². The van der Waals surface area contributed by atoms with Crippen molar-refractivity contribution in [3.8, 4) is 0 Å². The largest absolute Gasteiger partial charge is 0.398 e. The number of methoxy groups -OCH3 is 1. The van der Waals surface area contributed by atoms with Crippen LogP contribution in [0.3, 0.4) is 0 Å². The summed E-state index contributed by atoms with van der Waals surface area (Å²) < 4.78 is 10.2. The molecule has 0 aliphatic heterocycles. The first-order valence-electron chi connectivity index (χ1n) is 5.93. The Kier molecular flexibility index (Phi) is 4.30. The number of para-hydroxylation sites is 1. The fraction of sp³-hybridized carbons (Fsp3) is 0.385. The summed E-state index contributed by atoms with van der Waals surface area (Å²) in [5, 5.41) is 3.93.